The van der Waals surface area contributed by atoms with Crippen molar-refractivity contribution in [1.29, 1.82) is 0 Å². The highest BCUT2D eigenvalue weighted by molar-refractivity contribution is 5.82. The first-order valence-electron chi connectivity index (χ1n) is 10.4. The molecule has 2 aromatic rings. The van der Waals surface area contributed by atoms with Gasteiger partial charge in [0.15, 0.2) is 29.0 Å². The number of anilines is 1. The molecule has 2 aliphatic heterocycles. The van der Waals surface area contributed by atoms with Gasteiger partial charge in [-0.05, 0) is 32.6 Å². The summed E-state index contributed by atoms with van der Waals surface area (Å²) in [5, 5.41) is 3.48. The quantitative estimate of drug-likeness (QED) is 0.794. The van der Waals surface area contributed by atoms with Gasteiger partial charge in [0.25, 0.3) is 0 Å². The third-order valence-corrected chi connectivity index (χ3v) is 6.11. The summed E-state index contributed by atoms with van der Waals surface area (Å²) in [5.74, 6) is 3.42. The van der Waals surface area contributed by atoms with Gasteiger partial charge in [-0.15, -0.1) is 6.42 Å². The van der Waals surface area contributed by atoms with Crippen molar-refractivity contribution in [2.24, 2.45) is 5.92 Å². The molecule has 8 nitrogen and oxygen atoms in total. The van der Waals surface area contributed by atoms with Gasteiger partial charge in [-0.1, -0.05) is 25.2 Å². The molecule has 2 aromatic heterocycles. The van der Waals surface area contributed by atoms with Crippen LogP contribution in [0.1, 0.15) is 52.2 Å². The van der Waals surface area contributed by atoms with Crippen molar-refractivity contribution in [1.82, 2.24) is 19.5 Å². The Morgan fingerprint density at radius 2 is 1.97 bits per heavy atom. The van der Waals surface area contributed by atoms with Crippen LogP contribution >= 0.6 is 0 Å². The molecule has 1 aliphatic carbocycles. The van der Waals surface area contributed by atoms with Crippen LogP contribution in [0.5, 0.6) is 0 Å². The summed E-state index contributed by atoms with van der Waals surface area (Å²) in [5.41, 5.74) is 1.42. The van der Waals surface area contributed by atoms with E-state index in [0.717, 1.165) is 17.9 Å². The summed E-state index contributed by atoms with van der Waals surface area (Å²) in [7, 11) is 0. The number of imidazole rings is 1. The van der Waals surface area contributed by atoms with E-state index in [9.17, 15) is 0 Å². The molecule has 29 heavy (non-hydrogen) atoms. The second kappa shape index (κ2) is 7.24. The maximum absolute atomic E-state index is 6.10. The van der Waals surface area contributed by atoms with E-state index >= 15 is 0 Å². The maximum atomic E-state index is 6.10. The number of terminal acetylenes is 1. The van der Waals surface area contributed by atoms with Crippen molar-refractivity contribution in [3.8, 4) is 12.3 Å². The topological polar surface area (TPSA) is 83.3 Å². The van der Waals surface area contributed by atoms with Gasteiger partial charge in [-0.2, -0.15) is 0 Å². The molecule has 4 atom stereocenters. The van der Waals surface area contributed by atoms with Gasteiger partial charge in [-0.25, -0.2) is 15.0 Å². The Hall–Kier alpha value is -2.21. The summed E-state index contributed by atoms with van der Waals surface area (Å²) >= 11 is 0. The lowest BCUT2D eigenvalue weighted by Gasteiger charge is -2.23. The number of hydrogen-bond acceptors (Lipinski definition) is 7. The van der Waals surface area contributed by atoms with Crippen LogP contribution in [0, 0.1) is 18.3 Å². The molecule has 1 saturated carbocycles. The number of aromatic nitrogens is 4. The second-order valence-corrected chi connectivity index (χ2v) is 8.61. The van der Waals surface area contributed by atoms with E-state index < -0.39 is 18.1 Å². The number of fused-ring (bicyclic) bond motifs is 2. The molecule has 3 fully saturated rings. The first-order chi connectivity index (χ1) is 14.1. The predicted octanol–water partition coefficient (Wildman–Crippen LogP) is 2.87. The number of rotatable bonds is 4. The Kier molecular flexibility index (Phi) is 4.69. The molecule has 8 heteroatoms. The molecule has 0 bridgehead atoms. The third-order valence-electron chi connectivity index (χ3n) is 6.11. The fourth-order valence-corrected chi connectivity index (χ4v) is 4.73. The minimum atomic E-state index is -0.704. The highest BCUT2D eigenvalue weighted by Crippen LogP contribution is 2.43. The Labute approximate surface area is 170 Å². The van der Waals surface area contributed by atoms with Gasteiger partial charge in [0.2, 0.25) is 0 Å². The summed E-state index contributed by atoms with van der Waals surface area (Å²) in [6.45, 7) is 4.68. The predicted molar refractivity (Wildman–Crippen MR) is 107 cm³/mol. The summed E-state index contributed by atoms with van der Waals surface area (Å²) in [6.07, 6.45) is 13.9. The summed E-state index contributed by atoms with van der Waals surface area (Å²) in [4.78, 5) is 13.5. The van der Waals surface area contributed by atoms with E-state index in [0.29, 0.717) is 11.6 Å². The molecule has 3 aliphatic rings. The largest absolute Gasteiger partial charge is 0.368 e. The van der Waals surface area contributed by atoms with Crippen LogP contribution in [0.25, 0.3) is 11.2 Å². The maximum Gasteiger partial charge on any atom is 0.167 e. The fraction of sp³-hybridized carbons (Fsp3) is 0.667. The van der Waals surface area contributed by atoms with Crippen LogP contribution < -0.4 is 5.32 Å². The van der Waals surface area contributed by atoms with Crippen molar-refractivity contribution in [2.75, 3.05) is 11.9 Å². The first-order valence-corrected chi connectivity index (χ1v) is 10.4. The minimum absolute atomic E-state index is 0.316. The molecule has 4 heterocycles. The smallest absolute Gasteiger partial charge is 0.167 e. The average molecular weight is 397 g/mol. The van der Waals surface area contributed by atoms with Crippen molar-refractivity contribution < 1.29 is 14.2 Å². The molecule has 0 amide bonds. The number of nitrogens with one attached hydrogen (secondary N) is 1. The molecule has 0 aromatic carbocycles. The SMILES string of the molecule is C#C[C@H]1O[C@@H](n2cnc3c(NCC4CCCCC4)ncnc32)[C@@H]2OC(C)(C)O[C@@H]21. The van der Waals surface area contributed by atoms with Gasteiger partial charge >= 0.3 is 0 Å². The molecule has 154 valence electrons. The lowest BCUT2D eigenvalue weighted by atomic mass is 9.89. The lowest BCUT2D eigenvalue weighted by molar-refractivity contribution is -0.190. The molecule has 2 saturated heterocycles. The number of hydrogen-bond donors (Lipinski definition) is 1. The zero-order valence-corrected chi connectivity index (χ0v) is 16.9. The van der Waals surface area contributed by atoms with E-state index in [1.807, 2.05) is 18.4 Å². The first kappa shape index (κ1) is 18.8. The Balaban J connectivity index is 1.41. The van der Waals surface area contributed by atoms with E-state index in [4.69, 9.17) is 20.6 Å². The van der Waals surface area contributed by atoms with Crippen molar-refractivity contribution in [3.63, 3.8) is 0 Å². The second-order valence-electron chi connectivity index (χ2n) is 8.61. The third kappa shape index (κ3) is 3.37. The van der Waals surface area contributed by atoms with Crippen LogP contribution in [0.15, 0.2) is 12.7 Å². The standard InChI is InChI=1S/C21H27N5O3/c1-4-14-16-17(29-21(2,3)28-16)20(27-14)26-12-25-15-18(23-11-24-19(15)26)22-10-13-8-6-5-7-9-13/h1,11-14,16-17,20H,5-10H2,2-3H3,(H,22,23,24)/t14-,16-,17-,20-/m1/s1. The Morgan fingerprint density at radius 3 is 2.76 bits per heavy atom. The van der Waals surface area contributed by atoms with Crippen LogP contribution in [-0.4, -0.2) is 50.2 Å². The molecule has 1 N–H and O–H groups in total. The highest BCUT2D eigenvalue weighted by atomic mass is 16.8. The number of nitrogens with zero attached hydrogens (tertiary/aromatic N) is 4. The van der Waals surface area contributed by atoms with Gasteiger partial charge in [0.05, 0.1) is 6.33 Å². The summed E-state index contributed by atoms with van der Waals surface area (Å²) in [6, 6.07) is 0. The molecule has 0 spiro atoms. The molecule has 0 radical (unpaired) electrons. The molecule has 5 rings (SSSR count). The van der Waals surface area contributed by atoms with Crippen LogP contribution in [0.2, 0.25) is 0 Å². The summed E-state index contributed by atoms with van der Waals surface area (Å²) < 4.78 is 20.0. The van der Waals surface area contributed by atoms with Gasteiger partial charge in [0.1, 0.15) is 24.6 Å². The average Bonchev–Trinajstić information content (AvgIpc) is 3.37. The van der Waals surface area contributed by atoms with Crippen LogP contribution in [0.3, 0.4) is 0 Å². The Morgan fingerprint density at radius 1 is 1.17 bits per heavy atom. The van der Waals surface area contributed by atoms with E-state index in [1.54, 1.807) is 12.7 Å². The van der Waals surface area contributed by atoms with Gasteiger partial charge in [0, 0.05) is 6.54 Å². The zero-order chi connectivity index (χ0) is 20.0. The van der Waals surface area contributed by atoms with Crippen molar-refractivity contribution >= 4 is 17.0 Å². The monoisotopic (exact) mass is 397 g/mol. The van der Waals surface area contributed by atoms with E-state index in [2.05, 4.69) is 26.2 Å². The van der Waals surface area contributed by atoms with E-state index in [-0.39, 0.29) is 12.2 Å². The minimum Gasteiger partial charge on any atom is -0.368 e. The van der Waals surface area contributed by atoms with Crippen LogP contribution in [-0.2, 0) is 14.2 Å². The molecular weight excluding hydrogens is 370 g/mol. The fourth-order valence-electron chi connectivity index (χ4n) is 4.73. The number of ether oxygens (including phenoxy) is 3. The van der Waals surface area contributed by atoms with E-state index in [1.165, 1.54) is 32.1 Å². The lowest BCUT2D eigenvalue weighted by Crippen LogP contribution is -2.28. The zero-order valence-electron chi connectivity index (χ0n) is 16.9. The van der Waals surface area contributed by atoms with Crippen molar-refractivity contribution in [2.45, 2.75) is 76.3 Å². The molecule has 0 unspecified atom stereocenters. The highest BCUT2D eigenvalue weighted by Gasteiger charge is 2.55. The van der Waals surface area contributed by atoms with Crippen molar-refractivity contribution in [3.05, 3.63) is 12.7 Å². The normalized spacial score (nSPS) is 31.6. The van der Waals surface area contributed by atoms with Gasteiger partial charge < -0.3 is 19.5 Å². The van der Waals surface area contributed by atoms with Crippen LogP contribution in [0.4, 0.5) is 5.82 Å². The molecular formula is C21H27N5O3. The Bertz CT molecular complexity index is 930. The van der Waals surface area contributed by atoms with Gasteiger partial charge in [-0.3, -0.25) is 4.57 Å².